The summed E-state index contributed by atoms with van der Waals surface area (Å²) in [5.41, 5.74) is 2.29. The zero-order valence-electron chi connectivity index (χ0n) is 12.5. The third-order valence-electron chi connectivity index (χ3n) is 3.69. The molecule has 0 radical (unpaired) electrons. The van der Waals surface area contributed by atoms with Crippen LogP contribution in [0.15, 0.2) is 23.1 Å². The van der Waals surface area contributed by atoms with E-state index in [1.54, 1.807) is 12.1 Å². The first-order chi connectivity index (χ1) is 10.1. The van der Waals surface area contributed by atoms with E-state index < -0.39 is 10.0 Å². The molecular formula is C15H24N2O2S2. The van der Waals surface area contributed by atoms with Crippen molar-refractivity contribution in [3.63, 3.8) is 0 Å². The summed E-state index contributed by atoms with van der Waals surface area (Å²) in [6.07, 6.45) is 6.48. The van der Waals surface area contributed by atoms with Gasteiger partial charge in [0.1, 0.15) is 0 Å². The van der Waals surface area contributed by atoms with E-state index in [4.69, 9.17) is 0 Å². The summed E-state index contributed by atoms with van der Waals surface area (Å²) in [5.74, 6) is 1.19. The maximum Gasteiger partial charge on any atom is 0.240 e. The van der Waals surface area contributed by atoms with Crippen molar-refractivity contribution in [2.45, 2.75) is 43.7 Å². The molecule has 118 valence electrons. The molecule has 0 amide bonds. The minimum Gasteiger partial charge on any atom is -0.309 e. The van der Waals surface area contributed by atoms with Crippen molar-refractivity contribution in [1.29, 1.82) is 0 Å². The molecule has 0 aliphatic carbocycles. The molecule has 6 heteroatoms. The van der Waals surface area contributed by atoms with Gasteiger partial charge in [-0.3, -0.25) is 0 Å². The number of hydrogen-bond donors (Lipinski definition) is 2. The number of nitrogens with one attached hydrogen (secondary N) is 2. The zero-order chi connectivity index (χ0) is 15.1. The smallest absolute Gasteiger partial charge is 0.240 e. The van der Waals surface area contributed by atoms with Gasteiger partial charge in [-0.1, -0.05) is 18.9 Å². The van der Waals surface area contributed by atoms with Crippen LogP contribution in [0.1, 0.15) is 36.8 Å². The molecule has 2 N–H and O–H groups in total. The summed E-state index contributed by atoms with van der Waals surface area (Å²) < 4.78 is 27.2. The summed E-state index contributed by atoms with van der Waals surface area (Å²) in [6.45, 7) is 2.12. The molecule has 0 saturated carbocycles. The lowest BCUT2D eigenvalue weighted by atomic mass is 10.1. The molecule has 0 bridgehead atoms. The third-order valence-corrected chi connectivity index (χ3v) is 5.84. The van der Waals surface area contributed by atoms with E-state index in [1.807, 2.05) is 17.8 Å². The zero-order valence-corrected chi connectivity index (χ0v) is 14.2. The van der Waals surface area contributed by atoms with E-state index >= 15 is 0 Å². The van der Waals surface area contributed by atoms with E-state index in [0.717, 1.165) is 31.5 Å². The van der Waals surface area contributed by atoms with Gasteiger partial charge in [0.2, 0.25) is 10.0 Å². The van der Waals surface area contributed by atoms with Gasteiger partial charge in [0.25, 0.3) is 0 Å². The largest absolute Gasteiger partial charge is 0.309 e. The number of sulfonamides is 1. The second-order valence-corrected chi connectivity index (χ2v) is 8.09. The van der Waals surface area contributed by atoms with Crippen LogP contribution in [0.4, 0.5) is 0 Å². The van der Waals surface area contributed by atoms with Gasteiger partial charge in [0.15, 0.2) is 0 Å². The van der Waals surface area contributed by atoms with Crippen LogP contribution in [-0.2, 0) is 23.1 Å². The Morgan fingerprint density at radius 2 is 1.90 bits per heavy atom. The van der Waals surface area contributed by atoms with Gasteiger partial charge in [-0.25, -0.2) is 13.1 Å². The van der Waals surface area contributed by atoms with Crippen LogP contribution < -0.4 is 10.0 Å². The van der Waals surface area contributed by atoms with Gasteiger partial charge in [0, 0.05) is 19.6 Å². The van der Waals surface area contributed by atoms with Crippen LogP contribution in [-0.4, -0.2) is 27.0 Å². The summed E-state index contributed by atoms with van der Waals surface area (Å²) in [5, 5.41) is 3.23. The number of benzene rings is 1. The SMILES string of the molecule is CSCCCCCCNS(=O)(=O)c1ccc2c(c1)CNC2. The highest BCUT2D eigenvalue weighted by atomic mass is 32.2. The fourth-order valence-corrected chi connectivity index (χ4v) is 4.07. The minimum atomic E-state index is -3.36. The lowest BCUT2D eigenvalue weighted by molar-refractivity contribution is 0.573. The molecule has 1 aliphatic heterocycles. The number of thioether (sulfide) groups is 1. The normalized spacial score (nSPS) is 14.3. The molecule has 1 heterocycles. The van der Waals surface area contributed by atoms with Crippen molar-refractivity contribution >= 4 is 21.8 Å². The van der Waals surface area contributed by atoms with E-state index in [2.05, 4.69) is 16.3 Å². The van der Waals surface area contributed by atoms with Crippen molar-refractivity contribution < 1.29 is 8.42 Å². The summed E-state index contributed by atoms with van der Waals surface area (Å²) >= 11 is 1.86. The molecular weight excluding hydrogens is 304 g/mol. The molecule has 2 rings (SSSR count). The predicted octanol–water partition coefficient (Wildman–Crippen LogP) is 2.49. The monoisotopic (exact) mass is 328 g/mol. The Bertz CT molecular complexity index is 559. The minimum absolute atomic E-state index is 0.382. The molecule has 1 aromatic rings. The van der Waals surface area contributed by atoms with Gasteiger partial charge in [-0.05, 0) is 48.1 Å². The predicted molar refractivity (Wildman–Crippen MR) is 89.0 cm³/mol. The van der Waals surface area contributed by atoms with E-state index in [9.17, 15) is 8.42 Å². The Labute approximate surface area is 132 Å². The van der Waals surface area contributed by atoms with Crippen molar-refractivity contribution in [3.05, 3.63) is 29.3 Å². The standard InChI is InChI=1S/C15H24N2O2S2/c1-20-9-5-3-2-4-8-17-21(18,19)15-7-6-13-11-16-12-14(13)10-15/h6-7,10,16-17H,2-5,8-9,11-12H2,1H3. The highest BCUT2D eigenvalue weighted by Crippen LogP contribution is 2.19. The quantitative estimate of drug-likeness (QED) is 0.684. The molecule has 0 spiro atoms. The highest BCUT2D eigenvalue weighted by Gasteiger charge is 2.17. The fourth-order valence-electron chi connectivity index (χ4n) is 2.45. The lowest BCUT2D eigenvalue weighted by Gasteiger charge is -2.08. The average Bonchev–Trinajstić information content (AvgIpc) is 2.93. The van der Waals surface area contributed by atoms with Gasteiger partial charge in [0.05, 0.1) is 4.90 Å². The van der Waals surface area contributed by atoms with Gasteiger partial charge in [-0.15, -0.1) is 0 Å². The van der Waals surface area contributed by atoms with E-state index in [1.165, 1.54) is 24.2 Å². The molecule has 0 atom stereocenters. The average molecular weight is 329 g/mol. The third kappa shape index (κ3) is 4.98. The van der Waals surface area contributed by atoms with Gasteiger partial charge in [-0.2, -0.15) is 11.8 Å². The second-order valence-electron chi connectivity index (χ2n) is 5.34. The topological polar surface area (TPSA) is 58.2 Å². The van der Waals surface area contributed by atoms with Crippen LogP contribution in [0, 0.1) is 0 Å². The van der Waals surface area contributed by atoms with E-state index in [-0.39, 0.29) is 0 Å². The summed E-state index contributed by atoms with van der Waals surface area (Å²) in [4.78, 5) is 0.382. The first-order valence-electron chi connectivity index (χ1n) is 7.44. The maximum atomic E-state index is 12.2. The molecule has 1 aromatic carbocycles. The van der Waals surface area contributed by atoms with Crippen molar-refractivity contribution in [2.75, 3.05) is 18.6 Å². The Morgan fingerprint density at radius 1 is 1.14 bits per heavy atom. The molecule has 0 fully saturated rings. The highest BCUT2D eigenvalue weighted by molar-refractivity contribution is 7.98. The van der Waals surface area contributed by atoms with Crippen LogP contribution in [0.3, 0.4) is 0 Å². The summed E-state index contributed by atoms with van der Waals surface area (Å²) in [7, 11) is -3.36. The molecule has 4 nitrogen and oxygen atoms in total. The fraction of sp³-hybridized carbons (Fsp3) is 0.600. The first-order valence-corrected chi connectivity index (χ1v) is 10.3. The van der Waals surface area contributed by atoms with Crippen LogP contribution in [0.5, 0.6) is 0 Å². The molecule has 1 aliphatic rings. The van der Waals surface area contributed by atoms with Crippen LogP contribution >= 0.6 is 11.8 Å². The number of rotatable bonds is 9. The number of fused-ring (bicyclic) bond motifs is 1. The Balaban J connectivity index is 1.79. The number of unbranched alkanes of at least 4 members (excludes halogenated alkanes) is 3. The van der Waals surface area contributed by atoms with Crippen LogP contribution in [0.2, 0.25) is 0 Å². The van der Waals surface area contributed by atoms with E-state index in [0.29, 0.717) is 11.4 Å². The molecule has 21 heavy (non-hydrogen) atoms. The van der Waals surface area contributed by atoms with Crippen LogP contribution in [0.25, 0.3) is 0 Å². The lowest BCUT2D eigenvalue weighted by Crippen LogP contribution is -2.25. The molecule has 0 unspecified atom stereocenters. The Morgan fingerprint density at radius 3 is 2.71 bits per heavy atom. The molecule has 0 saturated heterocycles. The maximum absolute atomic E-state index is 12.2. The first kappa shape index (κ1) is 16.8. The van der Waals surface area contributed by atoms with Crippen molar-refractivity contribution in [2.24, 2.45) is 0 Å². The number of hydrogen-bond acceptors (Lipinski definition) is 4. The van der Waals surface area contributed by atoms with Crippen molar-refractivity contribution in [1.82, 2.24) is 10.0 Å². The second kappa shape index (κ2) is 8.17. The van der Waals surface area contributed by atoms with Gasteiger partial charge >= 0.3 is 0 Å². The van der Waals surface area contributed by atoms with Gasteiger partial charge < -0.3 is 5.32 Å². The molecule has 0 aromatic heterocycles. The Hall–Kier alpha value is -0.560. The Kier molecular flexibility index (Phi) is 6.54. The van der Waals surface area contributed by atoms with Crippen molar-refractivity contribution in [3.8, 4) is 0 Å². The summed E-state index contributed by atoms with van der Waals surface area (Å²) in [6, 6.07) is 5.40.